The molecule has 1 amide bonds. The Hall–Kier alpha value is -3.19. The summed E-state index contributed by atoms with van der Waals surface area (Å²) in [5, 5.41) is 16.0. The SMILES string of the molecule is CC(=O)O.CC(C)=O.CCNC(=NCCCN(C)C)OC(C)=O.CCNC(=O)CCCCN(C)C.CCN[C+]=NCCCN(C)C. The van der Waals surface area contributed by atoms with Crippen LogP contribution in [0.5, 0.6) is 0 Å². The number of rotatable bonds is 17. The lowest BCUT2D eigenvalue weighted by atomic mass is 10.2. The number of aliphatic carboxylic acids is 1. The fourth-order valence-electron chi connectivity index (χ4n) is 2.64. The molecule has 0 aromatic rings. The van der Waals surface area contributed by atoms with Gasteiger partial charge in [0.1, 0.15) is 5.78 Å². The predicted octanol–water partition coefficient (Wildman–Crippen LogP) is 2.46. The number of hydrogen-bond donors (Lipinski definition) is 4. The number of Topliss-reactive ketones (excluding diaryl/α,β-unsaturated/α-hetero) is 1. The summed E-state index contributed by atoms with van der Waals surface area (Å²) in [5.41, 5.74) is 0. The van der Waals surface area contributed by atoms with Crippen LogP contribution in [-0.2, 0) is 23.9 Å². The molecule has 0 aromatic carbocycles. The second kappa shape index (κ2) is 41.8. The van der Waals surface area contributed by atoms with Crippen LogP contribution in [0.1, 0.15) is 80.6 Å². The zero-order valence-corrected chi connectivity index (χ0v) is 31.4. The van der Waals surface area contributed by atoms with E-state index in [0.717, 1.165) is 71.9 Å². The molecule has 46 heavy (non-hydrogen) atoms. The van der Waals surface area contributed by atoms with Gasteiger partial charge < -0.3 is 40.0 Å². The molecule has 0 rings (SSSR count). The molecule has 0 aliphatic carbocycles. The van der Waals surface area contributed by atoms with E-state index in [0.29, 0.717) is 25.5 Å². The summed E-state index contributed by atoms with van der Waals surface area (Å²) in [4.78, 5) is 54.7. The van der Waals surface area contributed by atoms with Crippen LogP contribution < -0.4 is 16.0 Å². The minimum atomic E-state index is -0.833. The minimum absolute atomic E-state index is 0.167. The zero-order chi connectivity index (χ0) is 36.8. The molecule has 0 bridgehead atoms. The van der Waals surface area contributed by atoms with E-state index in [1.54, 1.807) is 0 Å². The molecule has 0 unspecified atom stereocenters. The normalized spacial score (nSPS) is 10.1. The van der Waals surface area contributed by atoms with Crippen molar-refractivity contribution >= 4 is 36.0 Å². The standard InChI is InChI=1S/C10H21N3O2.C9H20N2O.C8H18N3.C3H6O.C2H4O2/c1-5-11-10(15-9(2)14)12-7-6-8-13(3)4;1-4-10-9(12)7-5-6-8-11(2)3;1-4-9-8-10-6-5-7-11(2)3;1-3(2)4;1-2(3)4/h5-8H2,1-4H3,(H,11,12);4-8H2,1-3H3,(H,10,12);4-7H2,1-3H3,(H,9,10);1-2H3;1H3,(H,3,4)/q;;+1;;. The van der Waals surface area contributed by atoms with Crippen molar-refractivity contribution < 1.29 is 29.0 Å². The number of amides is 1. The van der Waals surface area contributed by atoms with Crippen molar-refractivity contribution in [2.45, 2.75) is 80.6 Å². The van der Waals surface area contributed by atoms with Crippen LogP contribution in [0, 0.1) is 0 Å². The van der Waals surface area contributed by atoms with Gasteiger partial charge in [0.15, 0.2) is 0 Å². The number of hydrogen-bond acceptors (Lipinski definition) is 10. The summed E-state index contributed by atoms with van der Waals surface area (Å²) in [6.45, 7) is 18.4. The first kappa shape index (κ1) is 52.3. The largest absolute Gasteiger partial charge is 0.514 e. The predicted molar refractivity (Wildman–Crippen MR) is 191 cm³/mol. The third kappa shape index (κ3) is 77.9. The third-order valence-corrected chi connectivity index (χ3v) is 4.43. The number of unbranched alkanes of at least 4 members (excludes halogenated alkanes) is 1. The molecule has 272 valence electrons. The van der Waals surface area contributed by atoms with Crippen molar-refractivity contribution in [2.24, 2.45) is 9.98 Å². The number of aliphatic imine (C=N–C) groups is 2. The van der Waals surface area contributed by atoms with Gasteiger partial charge in [-0.3, -0.25) is 14.4 Å². The molecule has 0 saturated carbocycles. The Labute approximate surface area is 280 Å². The number of carboxylic acids is 1. The van der Waals surface area contributed by atoms with Crippen LogP contribution >= 0.6 is 0 Å². The first-order valence-electron chi connectivity index (χ1n) is 15.9. The van der Waals surface area contributed by atoms with Crippen LogP contribution in [-0.4, -0.2) is 150 Å². The van der Waals surface area contributed by atoms with Crippen LogP contribution in [0.15, 0.2) is 9.98 Å². The van der Waals surface area contributed by atoms with Gasteiger partial charge in [0.05, 0.1) is 13.1 Å². The van der Waals surface area contributed by atoms with Gasteiger partial charge in [-0.25, -0.2) is 4.99 Å². The maximum atomic E-state index is 11.0. The molecule has 4 N–H and O–H groups in total. The lowest BCUT2D eigenvalue weighted by Crippen LogP contribution is -2.28. The molecule has 0 spiro atoms. The van der Waals surface area contributed by atoms with Crippen LogP contribution in [0.4, 0.5) is 0 Å². The van der Waals surface area contributed by atoms with Crippen molar-refractivity contribution in [3.05, 3.63) is 0 Å². The van der Waals surface area contributed by atoms with Gasteiger partial charge in [0.2, 0.25) is 5.91 Å². The molecule has 0 aliphatic rings. The Morgan fingerprint density at radius 2 is 1.13 bits per heavy atom. The molecule has 0 fully saturated rings. The van der Waals surface area contributed by atoms with E-state index in [1.807, 2.05) is 49.0 Å². The highest BCUT2D eigenvalue weighted by molar-refractivity contribution is 5.86. The molecule has 0 radical (unpaired) electrons. The van der Waals surface area contributed by atoms with Gasteiger partial charge in [-0.15, -0.1) is 0 Å². The summed E-state index contributed by atoms with van der Waals surface area (Å²) in [6, 6.07) is 0.323. The van der Waals surface area contributed by atoms with Crippen LogP contribution in [0.25, 0.3) is 0 Å². The van der Waals surface area contributed by atoms with Crippen LogP contribution in [0.2, 0.25) is 0 Å². The van der Waals surface area contributed by atoms with Gasteiger partial charge >= 0.3 is 12.3 Å². The Kier molecular flexibility index (Phi) is 47.6. The van der Waals surface area contributed by atoms with E-state index in [4.69, 9.17) is 14.6 Å². The quantitative estimate of drug-likeness (QED) is 0.0451. The number of amidine groups is 1. The number of nitrogens with zero attached hydrogens (tertiary/aromatic N) is 5. The summed E-state index contributed by atoms with van der Waals surface area (Å²) >= 11 is 0. The summed E-state index contributed by atoms with van der Waals surface area (Å²) < 4.78 is 4.88. The maximum Gasteiger partial charge on any atom is 0.514 e. The van der Waals surface area contributed by atoms with Crippen molar-refractivity contribution in [3.63, 3.8) is 0 Å². The topological polar surface area (TPSA) is 168 Å². The highest BCUT2D eigenvalue weighted by atomic mass is 16.6. The highest BCUT2D eigenvalue weighted by Crippen LogP contribution is 1.95. The highest BCUT2D eigenvalue weighted by Gasteiger charge is 2.01. The van der Waals surface area contributed by atoms with Crippen LogP contribution in [0.3, 0.4) is 0 Å². The summed E-state index contributed by atoms with van der Waals surface area (Å²) in [7, 11) is 12.3. The lowest BCUT2D eigenvalue weighted by Gasteiger charge is -2.09. The summed E-state index contributed by atoms with van der Waals surface area (Å²) in [5.74, 6) is -0.835. The van der Waals surface area contributed by atoms with E-state index in [2.05, 4.69) is 61.1 Å². The number of carbonyl (C=O) groups excluding carboxylic acids is 3. The average Bonchev–Trinajstić information content (AvgIpc) is 2.91. The Balaban J connectivity index is -0.000000165. The first-order valence-corrected chi connectivity index (χ1v) is 15.9. The molecular formula is C32H69N8O6+. The number of carboxylic acid groups (broad SMARTS) is 1. The average molecular weight is 662 g/mol. The molecule has 0 atom stereocenters. The lowest BCUT2D eigenvalue weighted by molar-refractivity contribution is -0.135. The van der Waals surface area contributed by atoms with Gasteiger partial charge in [-0.2, -0.15) is 5.32 Å². The number of nitrogens with one attached hydrogen (secondary N) is 3. The van der Waals surface area contributed by atoms with Crippen molar-refractivity contribution in [3.8, 4) is 0 Å². The molecule has 14 heteroatoms. The Bertz CT molecular complexity index is 756. The molecular weight excluding hydrogens is 592 g/mol. The van der Waals surface area contributed by atoms with Gasteiger partial charge in [0, 0.05) is 39.9 Å². The van der Waals surface area contributed by atoms with E-state index in [-0.39, 0.29) is 17.7 Å². The third-order valence-electron chi connectivity index (χ3n) is 4.43. The number of ether oxygens (including phenoxy) is 1. The minimum Gasteiger partial charge on any atom is -0.481 e. The van der Waals surface area contributed by atoms with Crippen molar-refractivity contribution in [1.82, 2.24) is 30.7 Å². The van der Waals surface area contributed by atoms with E-state index >= 15 is 0 Å². The Morgan fingerprint density at radius 3 is 1.52 bits per heavy atom. The second-order valence-corrected chi connectivity index (χ2v) is 10.8. The molecule has 0 aromatic heterocycles. The number of esters is 1. The second-order valence-electron chi connectivity index (χ2n) is 10.8. The maximum absolute atomic E-state index is 11.0. The summed E-state index contributed by atoms with van der Waals surface area (Å²) in [6.07, 6.45) is 7.58. The van der Waals surface area contributed by atoms with E-state index < -0.39 is 5.97 Å². The van der Waals surface area contributed by atoms with Crippen molar-refractivity contribution in [2.75, 3.05) is 94.6 Å². The van der Waals surface area contributed by atoms with E-state index in [1.165, 1.54) is 20.8 Å². The molecule has 0 saturated heterocycles. The Morgan fingerprint density at radius 1 is 0.696 bits per heavy atom. The number of carbonyl (C=O) groups is 4. The van der Waals surface area contributed by atoms with Gasteiger partial charge in [-0.1, -0.05) is 0 Å². The van der Waals surface area contributed by atoms with Gasteiger partial charge in [-0.05, 0) is 127 Å². The molecule has 0 aliphatic heterocycles. The van der Waals surface area contributed by atoms with Crippen molar-refractivity contribution in [1.29, 1.82) is 0 Å². The monoisotopic (exact) mass is 662 g/mol. The fraction of sp³-hybridized carbons (Fsp3) is 0.812. The molecule has 14 nitrogen and oxygen atoms in total. The van der Waals surface area contributed by atoms with E-state index in [9.17, 15) is 14.4 Å². The zero-order valence-electron chi connectivity index (χ0n) is 31.4. The van der Waals surface area contributed by atoms with Gasteiger partial charge in [0.25, 0.3) is 12.0 Å². The molecule has 0 heterocycles. The smallest absolute Gasteiger partial charge is 0.481 e. The number of ketones is 1. The fourth-order valence-corrected chi connectivity index (χ4v) is 2.64. The first-order chi connectivity index (χ1) is 21.5.